The minimum atomic E-state index is -0.830. The normalized spacial score (nSPS) is 13.3. The van der Waals surface area contributed by atoms with Crippen LogP contribution in [0.1, 0.15) is 25.0 Å². The average molecular weight is 264 g/mol. The molecule has 4 nitrogen and oxygen atoms in total. The lowest BCUT2D eigenvalue weighted by molar-refractivity contribution is -0.139. The predicted molar refractivity (Wildman–Crippen MR) is 77.6 cm³/mol. The highest BCUT2D eigenvalue weighted by Crippen LogP contribution is 2.22. The Hall–Kier alpha value is -1.39. The molecule has 0 aromatic heterocycles. The van der Waals surface area contributed by atoms with Gasteiger partial charge in [0.05, 0.1) is 0 Å². The quantitative estimate of drug-likeness (QED) is 0.699. The maximum atomic E-state index is 10.9. The minimum absolute atomic E-state index is 0.0250. The Bertz CT molecular complexity index is 430. The van der Waals surface area contributed by atoms with E-state index in [0.29, 0.717) is 6.54 Å². The van der Waals surface area contributed by atoms with E-state index in [1.54, 1.807) is 7.05 Å². The van der Waals surface area contributed by atoms with Crippen molar-refractivity contribution in [1.29, 1.82) is 0 Å². The van der Waals surface area contributed by atoms with Crippen LogP contribution in [-0.4, -0.2) is 37.3 Å². The van der Waals surface area contributed by atoms with E-state index in [-0.39, 0.29) is 5.41 Å². The van der Waals surface area contributed by atoms with E-state index >= 15 is 0 Å². The van der Waals surface area contributed by atoms with Crippen LogP contribution in [0.25, 0.3) is 0 Å². The first-order valence-corrected chi connectivity index (χ1v) is 6.55. The van der Waals surface area contributed by atoms with E-state index in [4.69, 9.17) is 5.11 Å². The number of carbonyl (C=O) groups is 1. The molecule has 0 heterocycles. The number of nitrogens with one attached hydrogen (secondary N) is 2. The zero-order valence-corrected chi connectivity index (χ0v) is 12.2. The molecule has 1 rings (SSSR count). The number of aryl methyl sites for hydroxylation is 1. The van der Waals surface area contributed by atoms with Crippen LogP contribution in [-0.2, 0) is 10.2 Å². The van der Waals surface area contributed by atoms with Gasteiger partial charge < -0.3 is 15.7 Å². The molecule has 0 saturated heterocycles. The Morgan fingerprint density at radius 2 is 2.11 bits per heavy atom. The Kier molecular flexibility index (Phi) is 5.51. The monoisotopic (exact) mass is 264 g/mol. The highest BCUT2D eigenvalue weighted by Gasteiger charge is 2.21. The zero-order chi connectivity index (χ0) is 14.5. The molecule has 0 amide bonds. The summed E-state index contributed by atoms with van der Waals surface area (Å²) in [6.07, 6.45) is 0. The highest BCUT2D eigenvalue weighted by molar-refractivity contribution is 5.73. The Morgan fingerprint density at radius 3 is 2.63 bits per heavy atom. The molecule has 1 aromatic carbocycles. The predicted octanol–water partition coefficient (Wildman–Crippen LogP) is 1.53. The number of hydrogen-bond acceptors (Lipinski definition) is 3. The number of carboxylic acid groups (broad SMARTS) is 1. The summed E-state index contributed by atoms with van der Waals surface area (Å²) in [4.78, 5) is 10.9. The molecular formula is C15H24N2O2. The first-order valence-electron chi connectivity index (χ1n) is 6.55. The average Bonchev–Trinajstić information content (AvgIpc) is 2.34. The third-order valence-electron chi connectivity index (χ3n) is 3.36. The van der Waals surface area contributed by atoms with Crippen molar-refractivity contribution >= 4 is 5.97 Å². The number of carboxylic acids is 1. The summed E-state index contributed by atoms with van der Waals surface area (Å²) < 4.78 is 0. The second-order valence-corrected chi connectivity index (χ2v) is 5.56. The molecule has 1 unspecified atom stereocenters. The molecule has 0 spiro atoms. The molecule has 1 aromatic rings. The molecular weight excluding hydrogens is 240 g/mol. The van der Waals surface area contributed by atoms with Crippen molar-refractivity contribution in [2.75, 3.05) is 20.1 Å². The summed E-state index contributed by atoms with van der Waals surface area (Å²) in [6.45, 7) is 7.55. The first kappa shape index (κ1) is 15.7. The van der Waals surface area contributed by atoms with E-state index in [9.17, 15) is 4.79 Å². The van der Waals surface area contributed by atoms with E-state index in [0.717, 1.165) is 6.54 Å². The molecule has 1 atom stereocenters. The molecule has 19 heavy (non-hydrogen) atoms. The van der Waals surface area contributed by atoms with Crippen molar-refractivity contribution in [2.24, 2.45) is 0 Å². The van der Waals surface area contributed by atoms with Gasteiger partial charge in [-0.1, -0.05) is 43.7 Å². The third-order valence-corrected chi connectivity index (χ3v) is 3.36. The fourth-order valence-electron chi connectivity index (χ4n) is 2.01. The van der Waals surface area contributed by atoms with Crippen molar-refractivity contribution in [3.8, 4) is 0 Å². The molecule has 0 aliphatic rings. The first-order chi connectivity index (χ1) is 8.86. The van der Waals surface area contributed by atoms with Crippen molar-refractivity contribution < 1.29 is 9.90 Å². The van der Waals surface area contributed by atoms with E-state index < -0.39 is 12.0 Å². The molecule has 3 N–H and O–H groups in total. The van der Waals surface area contributed by atoms with Crippen molar-refractivity contribution in [2.45, 2.75) is 32.2 Å². The third kappa shape index (κ3) is 4.65. The van der Waals surface area contributed by atoms with Gasteiger partial charge >= 0.3 is 5.97 Å². The number of aliphatic carboxylic acids is 1. The summed E-state index contributed by atoms with van der Waals surface area (Å²) in [5.74, 6) is -0.830. The smallest absolute Gasteiger partial charge is 0.322 e. The van der Waals surface area contributed by atoms with Crippen LogP contribution in [0.15, 0.2) is 24.3 Å². The largest absolute Gasteiger partial charge is 0.480 e. The van der Waals surface area contributed by atoms with Gasteiger partial charge in [0.2, 0.25) is 0 Å². The highest BCUT2D eigenvalue weighted by atomic mass is 16.4. The summed E-state index contributed by atoms with van der Waals surface area (Å²) in [6, 6.07) is 7.87. The van der Waals surface area contributed by atoms with Gasteiger partial charge in [0.1, 0.15) is 6.04 Å². The summed E-state index contributed by atoms with van der Waals surface area (Å²) in [7, 11) is 1.66. The van der Waals surface area contributed by atoms with Gasteiger partial charge in [-0.2, -0.15) is 0 Å². The second-order valence-electron chi connectivity index (χ2n) is 5.56. The summed E-state index contributed by atoms with van der Waals surface area (Å²) in [5, 5.41) is 15.0. The number of rotatable bonds is 7. The molecule has 106 valence electrons. The molecule has 0 saturated carbocycles. The van der Waals surface area contributed by atoms with Crippen LogP contribution in [0, 0.1) is 6.92 Å². The lowest BCUT2D eigenvalue weighted by Gasteiger charge is -2.27. The lowest BCUT2D eigenvalue weighted by atomic mass is 9.84. The molecule has 0 aliphatic heterocycles. The second kappa shape index (κ2) is 6.68. The van der Waals surface area contributed by atoms with Gasteiger partial charge in [0, 0.05) is 18.5 Å². The van der Waals surface area contributed by atoms with Gasteiger partial charge in [-0.05, 0) is 19.5 Å². The van der Waals surface area contributed by atoms with Crippen LogP contribution < -0.4 is 10.6 Å². The maximum absolute atomic E-state index is 10.9. The van der Waals surface area contributed by atoms with Crippen LogP contribution >= 0.6 is 0 Å². The van der Waals surface area contributed by atoms with E-state index in [2.05, 4.69) is 55.7 Å². The maximum Gasteiger partial charge on any atom is 0.322 e. The number of hydrogen-bond donors (Lipinski definition) is 3. The zero-order valence-electron chi connectivity index (χ0n) is 12.2. The topological polar surface area (TPSA) is 61.4 Å². The van der Waals surface area contributed by atoms with Crippen LogP contribution in [0.2, 0.25) is 0 Å². The Balaban J connectivity index is 2.58. The Labute approximate surface area is 115 Å². The molecule has 0 fully saturated rings. The molecule has 0 bridgehead atoms. The molecule has 4 heteroatoms. The van der Waals surface area contributed by atoms with Gasteiger partial charge in [-0.3, -0.25) is 4.79 Å². The van der Waals surface area contributed by atoms with Crippen LogP contribution in [0.4, 0.5) is 0 Å². The van der Waals surface area contributed by atoms with Gasteiger partial charge in [-0.25, -0.2) is 0 Å². The SMILES string of the molecule is CNC(CNCC(C)(C)c1cccc(C)c1)C(=O)O. The van der Waals surface area contributed by atoms with E-state index in [1.165, 1.54) is 11.1 Å². The van der Waals surface area contributed by atoms with Crippen molar-refractivity contribution in [3.63, 3.8) is 0 Å². The van der Waals surface area contributed by atoms with Crippen LogP contribution in [0.3, 0.4) is 0 Å². The summed E-state index contributed by atoms with van der Waals surface area (Å²) >= 11 is 0. The molecule has 0 radical (unpaired) electrons. The van der Waals surface area contributed by atoms with Gasteiger partial charge in [0.25, 0.3) is 0 Å². The van der Waals surface area contributed by atoms with Gasteiger partial charge in [0.15, 0.2) is 0 Å². The molecule has 0 aliphatic carbocycles. The van der Waals surface area contributed by atoms with Crippen molar-refractivity contribution in [3.05, 3.63) is 35.4 Å². The van der Waals surface area contributed by atoms with E-state index in [1.807, 2.05) is 0 Å². The fraction of sp³-hybridized carbons (Fsp3) is 0.533. The summed E-state index contributed by atoms with van der Waals surface area (Å²) in [5.41, 5.74) is 2.48. The van der Waals surface area contributed by atoms with Gasteiger partial charge in [-0.15, -0.1) is 0 Å². The van der Waals surface area contributed by atoms with Crippen LogP contribution in [0.5, 0.6) is 0 Å². The number of benzene rings is 1. The lowest BCUT2D eigenvalue weighted by Crippen LogP contribution is -2.45. The fourth-order valence-corrected chi connectivity index (χ4v) is 2.01. The minimum Gasteiger partial charge on any atom is -0.480 e. The van der Waals surface area contributed by atoms with Crippen molar-refractivity contribution in [1.82, 2.24) is 10.6 Å². The standard InChI is InChI=1S/C15H24N2O2/c1-11-6-5-7-12(8-11)15(2,3)10-17-9-13(16-4)14(18)19/h5-8,13,16-17H,9-10H2,1-4H3,(H,18,19). The Morgan fingerprint density at radius 1 is 1.42 bits per heavy atom. The number of likely N-dealkylation sites (N-methyl/N-ethyl adjacent to an activating group) is 1.